The molecule has 0 bridgehead atoms. The summed E-state index contributed by atoms with van der Waals surface area (Å²) in [6, 6.07) is 19.0. The maximum atomic E-state index is 12.7. The molecule has 0 aliphatic rings. The van der Waals surface area contributed by atoms with Gasteiger partial charge in [-0.25, -0.2) is 4.98 Å². The van der Waals surface area contributed by atoms with Crippen molar-refractivity contribution in [2.45, 2.75) is 65.5 Å². The fourth-order valence-corrected chi connectivity index (χ4v) is 5.02. The first-order chi connectivity index (χ1) is 17.6. The van der Waals surface area contributed by atoms with Gasteiger partial charge in [-0.3, -0.25) is 4.79 Å². The Balaban J connectivity index is 1.47. The molecule has 0 fully saturated rings. The molecule has 0 unspecified atom stereocenters. The molecule has 2 aromatic heterocycles. The molecule has 0 saturated carbocycles. The topological polar surface area (TPSA) is 74.6 Å². The number of likely N-dealkylation sites (N-methyl/N-ethyl adjacent to an activating group) is 1. The molecule has 2 aromatic carbocycles. The molecular formula is C29H38N6OS. The van der Waals surface area contributed by atoms with Crippen molar-refractivity contribution in [3.63, 3.8) is 0 Å². The minimum absolute atomic E-state index is 0.0133. The third-order valence-electron chi connectivity index (χ3n) is 6.15. The molecule has 4 aromatic rings. The van der Waals surface area contributed by atoms with Crippen LogP contribution in [0.3, 0.4) is 0 Å². The molecule has 196 valence electrons. The lowest BCUT2D eigenvalue weighted by Gasteiger charge is -2.22. The number of rotatable bonds is 10. The fourth-order valence-electron chi connectivity index (χ4n) is 4.16. The summed E-state index contributed by atoms with van der Waals surface area (Å²) in [6.45, 7) is 10.8. The number of aromatic nitrogens is 3. The number of benzene rings is 2. The lowest BCUT2D eigenvalue weighted by atomic mass is 10.1. The van der Waals surface area contributed by atoms with E-state index in [0.29, 0.717) is 0 Å². The number of hydrogen-bond acceptors (Lipinski definition) is 6. The molecule has 7 nitrogen and oxygen atoms in total. The van der Waals surface area contributed by atoms with Gasteiger partial charge in [0.05, 0.1) is 6.54 Å². The number of amides is 1. The number of carbonyl (C=O) groups excluding carboxylic acids is 1. The second kappa shape index (κ2) is 11.3. The summed E-state index contributed by atoms with van der Waals surface area (Å²) in [5.74, 6) is 0.849. The molecule has 0 aliphatic carbocycles. The van der Waals surface area contributed by atoms with E-state index in [2.05, 4.69) is 81.7 Å². The quantitative estimate of drug-likeness (QED) is 0.277. The number of hydrogen-bond donors (Lipinski definition) is 2. The summed E-state index contributed by atoms with van der Waals surface area (Å²) in [7, 11) is 1.90. The lowest BCUT2D eigenvalue weighted by molar-refractivity contribution is -0.120. The highest BCUT2D eigenvalue weighted by Crippen LogP contribution is 2.34. The van der Waals surface area contributed by atoms with E-state index in [9.17, 15) is 4.79 Å². The number of anilines is 2. The minimum atomic E-state index is -0.167. The molecule has 37 heavy (non-hydrogen) atoms. The Morgan fingerprint density at radius 3 is 2.43 bits per heavy atom. The van der Waals surface area contributed by atoms with Gasteiger partial charge in [0.15, 0.2) is 5.82 Å². The third-order valence-corrected chi connectivity index (χ3v) is 7.17. The van der Waals surface area contributed by atoms with Crippen molar-refractivity contribution in [3.8, 4) is 11.3 Å². The van der Waals surface area contributed by atoms with E-state index >= 15 is 0 Å². The van der Waals surface area contributed by atoms with Crippen LogP contribution in [0.4, 0.5) is 10.9 Å². The maximum absolute atomic E-state index is 12.7. The van der Waals surface area contributed by atoms with Gasteiger partial charge in [0.25, 0.3) is 0 Å². The van der Waals surface area contributed by atoms with Crippen LogP contribution in [0.25, 0.3) is 16.2 Å². The molecule has 1 amide bonds. The number of fused-ring (bicyclic) bond motifs is 1. The summed E-state index contributed by atoms with van der Waals surface area (Å²) in [5, 5.41) is 12.3. The zero-order valence-electron chi connectivity index (χ0n) is 22.7. The molecule has 0 aliphatic heterocycles. The highest BCUT2D eigenvalue weighted by atomic mass is 32.1. The van der Waals surface area contributed by atoms with Crippen LogP contribution >= 0.6 is 11.3 Å². The highest BCUT2D eigenvalue weighted by Gasteiger charge is 2.23. The molecule has 4 rings (SSSR count). The van der Waals surface area contributed by atoms with Gasteiger partial charge < -0.3 is 15.5 Å². The summed E-state index contributed by atoms with van der Waals surface area (Å²) >= 11 is 1.48. The predicted molar refractivity (Wildman–Crippen MR) is 155 cm³/mol. The van der Waals surface area contributed by atoms with Crippen molar-refractivity contribution in [1.29, 1.82) is 0 Å². The first-order valence-electron chi connectivity index (χ1n) is 12.9. The zero-order chi connectivity index (χ0) is 26.6. The molecular weight excluding hydrogens is 480 g/mol. The van der Waals surface area contributed by atoms with E-state index in [0.717, 1.165) is 46.4 Å². The van der Waals surface area contributed by atoms with Crippen molar-refractivity contribution in [1.82, 2.24) is 19.9 Å². The van der Waals surface area contributed by atoms with Crippen molar-refractivity contribution < 1.29 is 4.79 Å². The van der Waals surface area contributed by atoms with Crippen LogP contribution in [0, 0.1) is 0 Å². The SMILES string of the molecule is CCc1ccc(-c2nc3sc(N(C)CC(=O)N[C@@H](C)CCc4ccccc4)nn3c2NC(C)(C)C)cc1. The van der Waals surface area contributed by atoms with Crippen molar-refractivity contribution in [2.24, 2.45) is 0 Å². The first kappa shape index (κ1) is 26.7. The van der Waals surface area contributed by atoms with Crippen LogP contribution in [0.5, 0.6) is 0 Å². The number of nitrogens with zero attached hydrogens (tertiary/aromatic N) is 4. The second-order valence-corrected chi connectivity index (χ2v) is 11.6. The normalized spacial score (nSPS) is 12.5. The Morgan fingerprint density at radius 2 is 1.78 bits per heavy atom. The van der Waals surface area contributed by atoms with E-state index in [-0.39, 0.29) is 24.0 Å². The molecule has 1 atom stereocenters. The van der Waals surface area contributed by atoms with Gasteiger partial charge in [-0.2, -0.15) is 4.52 Å². The highest BCUT2D eigenvalue weighted by molar-refractivity contribution is 7.20. The standard InChI is InChI=1S/C29H38N6OS/c1-7-21-15-17-23(18-16-21)25-26(32-29(3,4)5)35-27(31-25)37-28(33-35)34(6)19-24(36)30-20(2)13-14-22-11-9-8-10-12-22/h8-12,15-18,20,32H,7,13-14,19H2,1-6H3,(H,30,36)/t20-/m0/s1. The third kappa shape index (κ3) is 6.89. The molecule has 0 radical (unpaired) electrons. The Morgan fingerprint density at radius 1 is 1.08 bits per heavy atom. The number of nitrogens with one attached hydrogen (secondary N) is 2. The molecule has 0 saturated heterocycles. The number of carbonyl (C=O) groups is 1. The molecule has 2 N–H and O–H groups in total. The Kier molecular flexibility index (Phi) is 8.17. The number of aryl methyl sites for hydroxylation is 2. The van der Waals surface area contributed by atoms with E-state index in [1.165, 1.54) is 22.5 Å². The van der Waals surface area contributed by atoms with Crippen LogP contribution in [0.2, 0.25) is 0 Å². The van der Waals surface area contributed by atoms with E-state index in [1.807, 2.05) is 34.7 Å². The van der Waals surface area contributed by atoms with Gasteiger partial charge >= 0.3 is 0 Å². The van der Waals surface area contributed by atoms with Crippen molar-refractivity contribution in [3.05, 3.63) is 65.7 Å². The van der Waals surface area contributed by atoms with Gasteiger partial charge in [-0.05, 0) is 58.1 Å². The predicted octanol–water partition coefficient (Wildman–Crippen LogP) is 5.80. The smallest absolute Gasteiger partial charge is 0.239 e. The Hall–Kier alpha value is -3.39. The molecule has 2 heterocycles. The summed E-state index contributed by atoms with van der Waals surface area (Å²) in [6.07, 6.45) is 2.84. The van der Waals surface area contributed by atoms with Crippen molar-refractivity contribution >= 4 is 33.2 Å². The average molecular weight is 519 g/mol. The van der Waals surface area contributed by atoms with Crippen LogP contribution < -0.4 is 15.5 Å². The van der Waals surface area contributed by atoms with Gasteiger partial charge in [0.2, 0.25) is 16.0 Å². The summed E-state index contributed by atoms with van der Waals surface area (Å²) < 4.78 is 1.87. The van der Waals surface area contributed by atoms with Crippen LogP contribution in [0.1, 0.15) is 52.2 Å². The number of imidazole rings is 1. The molecule has 8 heteroatoms. The summed E-state index contributed by atoms with van der Waals surface area (Å²) in [5.41, 5.74) is 4.35. The first-order valence-corrected chi connectivity index (χ1v) is 13.8. The molecule has 0 spiro atoms. The minimum Gasteiger partial charge on any atom is -0.364 e. The lowest BCUT2D eigenvalue weighted by Crippen LogP contribution is -2.40. The van der Waals surface area contributed by atoms with Gasteiger partial charge in [-0.15, -0.1) is 5.10 Å². The van der Waals surface area contributed by atoms with Crippen LogP contribution in [0.15, 0.2) is 54.6 Å². The van der Waals surface area contributed by atoms with E-state index < -0.39 is 0 Å². The van der Waals surface area contributed by atoms with E-state index in [4.69, 9.17) is 10.1 Å². The summed E-state index contributed by atoms with van der Waals surface area (Å²) in [4.78, 5) is 20.3. The Labute approximate surface area is 223 Å². The second-order valence-electron chi connectivity index (χ2n) is 10.7. The van der Waals surface area contributed by atoms with Gasteiger partial charge in [-0.1, -0.05) is 72.9 Å². The van der Waals surface area contributed by atoms with Gasteiger partial charge in [0, 0.05) is 24.2 Å². The van der Waals surface area contributed by atoms with E-state index in [1.54, 1.807) is 0 Å². The fraction of sp³-hybridized carbons (Fsp3) is 0.414. The maximum Gasteiger partial charge on any atom is 0.239 e. The van der Waals surface area contributed by atoms with Crippen molar-refractivity contribution in [2.75, 3.05) is 23.8 Å². The Bertz CT molecular complexity index is 1320. The zero-order valence-corrected chi connectivity index (χ0v) is 23.5. The van der Waals surface area contributed by atoms with Crippen LogP contribution in [-0.2, 0) is 17.6 Å². The average Bonchev–Trinajstić information content (AvgIpc) is 3.42. The largest absolute Gasteiger partial charge is 0.364 e. The van der Waals surface area contributed by atoms with Crippen LogP contribution in [-0.4, -0.2) is 45.7 Å². The van der Waals surface area contributed by atoms with Gasteiger partial charge in [0.1, 0.15) is 5.69 Å². The monoisotopic (exact) mass is 518 g/mol.